The van der Waals surface area contributed by atoms with Crippen molar-refractivity contribution >= 4 is 7.60 Å². The van der Waals surface area contributed by atoms with Crippen molar-refractivity contribution in [1.82, 2.24) is 0 Å². The number of hydrogen-bond donors (Lipinski definition) is 1. The van der Waals surface area contributed by atoms with Crippen molar-refractivity contribution in [3.05, 3.63) is 0 Å². The Morgan fingerprint density at radius 2 is 2.09 bits per heavy atom. The number of rotatable bonds is 5. The molecule has 11 heavy (non-hydrogen) atoms. The molecule has 0 amide bonds. The van der Waals surface area contributed by atoms with Crippen LogP contribution in [0.3, 0.4) is 0 Å². The van der Waals surface area contributed by atoms with Crippen molar-refractivity contribution in [2.75, 3.05) is 12.8 Å². The SMILES string of the molecule is CCOP(=O)(CC)OC(C)O. The van der Waals surface area contributed by atoms with Crippen molar-refractivity contribution in [3.63, 3.8) is 0 Å². The molecular formula is C6H15O4P. The van der Waals surface area contributed by atoms with Crippen LogP contribution in [0.4, 0.5) is 0 Å². The van der Waals surface area contributed by atoms with E-state index in [2.05, 4.69) is 0 Å². The third kappa shape index (κ3) is 4.53. The van der Waals surface area contributed by atoms with E-state index in [-0.39, 0.29) is 6.16 Å². The van der Waals surface area contributed by atoms with Gasteiger partial charge in [-0.1, -0.05) is 6.92 Å². The lowest BCUT2D eigenvalue weighted by Crippen LogP contribution is -2.07. The largest absolute Gasteiger partial charge is 0.368 e. The Hall–Kier alpha value is 0.110. The van der Waals surface area contributed by atoms with Crippen LogP contribution in [0, 0.1) is 0 Å². The Balaban J connectivity index is 4.00. The summed E-state index contributed by atoms with van der Waals surface area (Å²) in [5, 5.41) is 8.77. The zero-order valence-electron chi connectivity index (χ0n) is 7.11. The topological polar surface area (TPSA) is 55.8 Å². The zero-order chi connectivity index (χ0) is 8.91. The fourth-order valence-corrected chi connectivity index (χ4v) is 1.88. The Bertz CT molecular complexity index is 146. The molecule has 0 aliphatic rings. The minimum Gasteiger partial charge on any atom is -0.368 e. The lowest BCUT2D eigenvalue weighted by Gasteiger charge is -2.17. The molecular weight excluding hydrogens is 167 g/mol. The molecule has 0 aromatic heterocycles. The molecule has 0 bridgehead atoms. The van der Waals surface area contributed by atoms with Crippen LogP contribution >= 0.6 is 7.60 Å². The van der Waals surface area contributed by atoms with E-state index < -0.39 is 13.9 Å². The van der Waals surface area contributed by atoms with Gasteiger partial charge in [-0.15, -0.1) is 0 Å². The molecule has 1 N–H and O–H groups in total. The fraction of sp³-hybridized carbons (Fsp3) is 1.00. The van der Waals surface area contributed by atoms with Gasteiger partial charge in [0.15, 0.2) is 6.29 Å². The van der Waals surface area contributed by atoms with Gasteiger partial charge >= 0.3 is 7.60 Å². The molecule has 0 rings (SSSR count). The van der Waals surface area contributed by atoms with Gasteiger partial charge in [-0.3, -0.25) is 9.09 Å². The maximum absolute atomic E-state index is 11.4. The molecule has 2 unspecified atom stereocenters. The summed E-state index contributed by atoms with van der Waals surface area (Å²) in [6, 6.07) is 0. The van der Waals surface area contributed by atoms with E-state index >= 15 is 0 Å². The summed E-state index contributed by atoms with van der Waals surface area (Å²) in [4.78, 5) is 0. The molecule has 0 aliphatic carbocycles. The van der Waals surface area contributed by atoms with E-state index in [4.69, 9.17) is 14.2 Å². The molecule has 0 radical (unpaired) electrons. The van der Waals surface area contributed by atoms with Gasteiger partial charge < -0.3 is 9.63 Å². The van der Waals surface area contributed by atoms with Crippen molar-refractivity contribution in [3.8, 4) is 0 Å². The molecule has 0 fully saturated rings. The van der Waals surface area contributed by atoms with Gasteiger partial charge in [0.05, 0.1) is 6.61 Å². The molecule has 0 saturated heterocycles. The van der Waals surface area contributed by atoms with Crippen molar-refractivity contribution in [1.29, 1.82) is 0 Å². The van der Waals surface area contributed by atoms with Crippen LogP contribution < -0.4 is 0 Å². The molecule has 0 aromatic rings. The highest BCUT2D eigenvalue weighted by molar-refractivity contribution is 7.53. The first-order valence-corrected chi connectivity index (χ1v) is 5.37. The maximum atomic E-state index is 11.4. The minimum atomic E-state index is -3.01. The molecule has 0 spiro atoms. The average Bonchev–Trinajstić information content (AvgIpc) is 1.87. The normalized spacial score (nSPS) is 19.3. The Kier molecular flexibility index (Phi) is 4.93. The van der Waals surface area contributed by atoms with Crippen molar-refractivity contribution in [2.45, 2.75) is 27.1 Å². The van der Waals surface area contributed by atoms with Gasteiger partial charge in [-0.25, -0.2) is 0 Å². The molecule has 5 heteroatoms. The average molecular weight is 182 g/mol. The first-order valence-electron chi connectivity index (χ1n) is 3.64. The quantitative estimate of drug-likeness (QED) is 0.518. The van der Waals surface area contributed by atoms with E-state index in [9.17, 15) is 4.57 Å². The van der Waals surface area contributed by atoms with Crippen LogP contribution in [-0.4, -0.2) is 24.2 Å². The monoisotopic (exact) mass is 182 g/mol. The van der Waals surface area contributed by atoms with Gasteiger partial charge in [0.2, 0.25) is 0 Å². The van der Waals surface area contributed by atoms with Crippen LogP contribution in [0.15, 0.2) is 0 Å². The van der Waals surface area contributed by atoms with E-state index in [0.717, 1.165) is 0 Å². The van der Waals surface area contributed by atoms with Gasteiger partial charge in [0, 0.05) is 6.16 Å². The van der Waals surface area contributed by atoms with Crippen molar-refractivity contribution < 1.29 is 18.7 Å². The predicted octanol–water partition coefficient (Wildman–Crippen LogP) is 1.59. The molecule has 0 aliphatic heterocycles. The lowest BCUT2D eigenvalue weighted by atomic mass is 10.8. The second-order valence-corrected chi connectivity index (χ2v) is 4.37. The lowest BCUT2D eigenvalue weighted by molar-refractivity contribution is -0.0120. The Labute approximate surface area is 67.0 Å². The summed E-state index contributed by atoms with van der Waals surface area (Å²) in [6.45, 7) is 5.16. The molecule has 68 valence electrons. The summed E-state index contributed by atoms with van der Waals surface area (Å²) >= 11 is 0. The van der Waals surface area contributed by atoms with E-state index in [1.54, 1.807) is 13.8 Å². The molecule has 4 nitrogen and oxygen atoms in total. The highest BCUT2D eigenvalue weighted by atomic mass is 31.2. The first-order chi connectivity index (χ1) is 5.04. The van der Waals surface area contributed by atoms with E-state index in [1.807, 2.05) is 0 Å². The summed E-state index contributed by atoms with van der Waals surface area (Å²) < 4.78 is 21.0. The highest BCUT2D eigenvalue weighted by Crippen LogP contribution is 2.48. The third-order valence-corrected chi connectivity index (χ3v) is 3.08. The predicted molar refractivity (Wildman–Crippen MR) is 42.5 cm³/mol. The summed E-state index contributed by atoms with van der Waals surface area (Å²) in [6.07, 6.45) is -0.751. The Morgan fingerprint density at radius 3 is 2.36 bits per heavy atom. The van der Waals surface area contributed by atoms with Gasteiger partial charge in [-0.05, 0) is 13.8 Å². The van der Waals surface area contributed by atoms with Crippen LogP contribution in [0.2, 0.25) is 0 Å². The summed E-state index contributed by atoms with van der Waals surface area (Å²) in [5.41, 5.74) is 0. The van der Waals surface area contributed by atoms with E-state index in [1.165, 1.54) is 6.92 Å². The molecule has 2 atom stereocenters. The molecule has 0 saturated carbocycles. The zero-order valence-corrected chi connectivity index (χ0v) is 8.01. The van der Waals surface area contributed by atoms with Crippen LogP contribution in [0.5, 0.6) is 0 Å². The van der Waals surface area contributed by atoms with Gasteiger partial charge in [0.1, 0.15) is 0 Å². The second kappa shape index (κ2) is 4.88. The van der Waals surface area contributed by atoms with E-state index in [0.29, 0.717) is 6.61 Å². The highest BCUT2D eigenvalue weighted by Gasteiger charge is 2.22. The standard InChI is InChI=1S/C6H15O4P/c1-4-9-11(8,5-2)10-6(3)7/h6-7H,4-5H2,1-3H3. The second-order valence-electron chi connectivity index (χ2n) is 2.05. The van der Waals surface area contributed by atoms with Crippen molar-refractivity contribution in [2.24, 2.45) is 0 Å². The number of hydrogen-bond acceptors (Lipinski definition) is 4. The van der Waals surface area contributed by atoms with Gasteiger partial charge in [-0.2, -0.15) is 0 Å². The number of aliphatic hydroxyl groups is 1. The first kappa shape index (κ1) is 11.1. The summed E-state index contributed by atoms with van der Waals surface area (Å²) in [7, 11) is -3.01. The number of aliphatic hydroxyl groups excluding tert-OH is 1. The van der Waals surface area contributed by atoms with Crippen LogP contribution in [-0.2, 0) is 13.6 Å². The molecule has 0 aromatic carbocycles. The summed E-state index contributed by atoms with van der Waals surface area (Å²) in [5.74, 6) is 0. The van der Waals surface area contributed by atoms with Gasteiger partial charge in [0.25, 0.3) is 0 Å². The third-order valence-electron chi connectivity index (χ3n) is 1.03. The van der Waals surface area contributed by atoms with Crippen LogP contribution in [0.25, 0.3) is 0 Å². The minimum absolute atomic E-state index is 0.283. The molecule has 0 heterocycles. The fourth-order valence-electron chi connectivity index (χ4n) is 0.625. The maximum Gasteiger partial charge on any atom is 0.332 e. The van der Waals surface area contributed by atoms with Crippen LogP contribution in [0.1, 0.15) is 20.8 Å². The Morgan fingerprint density at radius 1 is 1.55 bits per heavy atom. The smallest absolute Gasteiger partial charge is 0.332 e.